The van der Waals surface area contributed by atoms with Gasteiger partial charge in [-0.1, -0.05) is 30.3 Å². The molecule has 17 heavy (non-hydrogen) atoms. The lowest BCUT2D eigenvalue weighted by molar-refractivity contribution is 0.187. The van der Waals surface area contributed by atoms with Gasteiger partial charge in [-0.05, 0) is 28.4 Å². The third-order valence-electron chi connectivity index (χ3n) is 2.89. The summed E-state index contributed by atoms with van der Waals surface area (Å²) in [4.78, 5) is 0. The fraction of sp³-hybridized carbons (Fsp3) is 0.286. The minimum atomic E-state index is 0.732. The molecule has 0 spiro atoms. The molecule has 90 valence electrons. The van der Waals surface area contributed by atoms with Crippen molar-refractivity contribution in [3.05, 3.63) is 46.7 Å². The van der Waals surface area contributed by atoms with Gasteiger partial charge in [0, 0.05) is 35.6 Å². The molecule has 0 amide bonds. The van der Waals surface area contributed by atoms with E-state index >= 15 is 0 Å². The Bertz CT molecular complexity index is 490. The number of benzene rings is 1. The van der Waals surface area contributed by atoms with E-state index in [-0.39, 0.29) is 0 Å². The lowest BCUT2D eigenvalue weighted by Crippen LogP contribution is -2.04. The summed E-state index contributed by atoms with van der Waals surface area (Å²) in [5.41, 5.74) is 3.71. The Labute approximate surface area is 110 Å². The lowest BCUT2D eigenvalue weighted by atomic mass is 10.1. The first-order chi connectivity index (χ1) is 8.24. The van der Waals surface area contributed by atoms with E-state index in [1.807, 2.05) is 6.07 Å². The molecule has 0 bridgehead atoms. The summed E-state index contributed by atoms with van der Waals surface area (Å²) in [7, 11) is 1.73. The van der Waals surface area contributed by atoms with Crippen LogP contribution in [0.4, 0.5) is 0 Å². The van der Waals surface area contributed by atoms with Crippen molar-refractivity contribution in [2.75, 3.05) is 13.7 Å². The van der Waals surface area contributed by atoms with E-state index in [0.29, 0.717) is 0 Å². The molecule has 1 aromatic carbocycles. The number of hydrogen-bond acceptors (Lipinski definition) is 1. The summed E-state index contributed by atoms with van der Waals surface area (Å²) in [5, 5.41) is 0. The molecular formula is C14H16BrNO. The van der Waals surface area contributed by atoms with Crippen LogP contribution < -0.4 is 0 Å². The second-order valence-corrected chi connectivity index (χ2v) is 4.79. The SMILES string of the molecule is COCCn1cc(-c2ccccc2)c(Br)c1C. The van der Waals surface area contributed by atoms with Gasteiger partial charge < -0.3 is 9.30 Å². The largest absolute Gasteiger partial charge is 0.383 e. The molecule has 2 nitrogen and oxygen atoms in total. The van der Waals surface area contributed by atoms with E-state index in [0.717, 1.165) is 13.2 Å². The summed E-state index contributed by atoms with van der Waals surface area (Å²) in [6.07, 6.45) is 2.17. The maximum atomic E-state index is 5.12. The number of hydrogen-bond donors (Lipinski definition) is 0. The first-order valence-electron chi connectivity index (χ1n) is 5.63. The second kappa shape index (κ2) is 5.52. The Morgan fingerprint density at radius 3 is 2.59 bits per heavy atom. The number of halogens is 1. The van der Waals surface area contributed by atoms with Gasteiger partial charge in [-0.3, -0.25) is 0 Å². The van der Waals surface area contributed by atoms with E-state index in [1.165, 1.54) is 21.3 Å². The predicted molar refractivity (Wildman–Crippen MR) is 74.2 cm³/mol. The van der Waals surface area contributed by atoms with Crippen molar-refractivity contribution in [3.63, 3.8) is 0 Å². The molecule has 0 atom stereocenters. The van der Waals surface area contributed by atoms with Gasteiger partial charge in [-0.25, -0.2) is 0 Å². The van der Waals surface area contributed by atoms with E-state index < -0.39 is 0 Å². The smallest absolute Gasteiger partial charge is 0.0641 e. The standard InChI is InChI=1S/C14H16BrNO/c1-11-14(15)13(10-16(11)8-9-17-2)12-6-4-3-5-7-12/h3-7,10H,8-9H2,1-2H3. The van der Waals surface area contributed by atoms with Crippen molar-refractivity contribution in [2.45, 2.75) is 13.5 Å². The van der Waals surface area contributed by atoms with Crippen molar-refractivity contribution in [2.24, 2.45) is 0 Å². The Balaban J connectivity index is 2.36. The van der Waals surface area contributed by atoms with Gasteiger partial charge >= 0.3 is 0 Å². The molecule has 1 heterocycles. The number of ether oxygens (including phenoxy) is 1. The molecule has 0 saturated heterocycles. The van der Waals surface area contributed by atoms with Gasteiger partial charge in [-0.2, -0.15) is 0 Å². The fourth-order valence-electron chi connectivity index (χ4n) is 1.87. The number of rotatable bonds is 4. The lowest BCUT2D eigenvalue weighted by Gasteiger charge is -2.04. The van der Waals surface area contributed by atoms with Crippen molar-refractivity contribution in [1.82, 2.24) is 4.57 Å². The van der Waals surface area contributed by atoms with Gasteiger partial charge in [0.05, 0.1) is 6.61 Å². The van der Waals surface area contributed by atoms with Crippen molar-refractivity contribution < 1.29 is 4.74 Å². The van der Waals surface area contributed by atoms with Crippen molar-refractivity contribution in [3.8, 4) is 11.1 Å². The summed E-state index contributed by atoms with van der Waals surface area (Å²) in [6, 6.07) is 10.4. The zero-order chi connectivity index (χ0) is 12.3. The van der Waals surface area contributed by atoms with Crippen LogP contribution in [0.1, 0.15) is 5.69 Å². The maximum Gasteiger partial charge on any atom is 0.0641 e. The normalized spacial score (nSPS) is 10.8. The van der Waals surface area contributed by atoms with Crippen LogP contribution in [0.15, 0.2) is 41.0 Å². The van der Waals surface area contributed by atoms with E-state index in [1.54, 1.807) is 7.11 Å². The average Bonchev–Trinajstić information content (AvgIpc) is 2.65. The molecule has 2 rings (SSSR count). The maximum absolute atomic E-state index is 5.12. The van der Waals surface area contributed by atoms with Crippen LogP contribution >= 0.6 is 15.9 Å². The van der Waals surface area contributed by atoms with E-state index in [4.69, 9.17) is 4.74 Å². The molecule has 0 saturated carbocycles. The molecule has 0 aliphatic heterocycles. The monoisotopic (exact) mass is 293 g/mol. The highest BCUT2D eigenvalue weighted by Gasteiger charge is 2.11. The van der Waals surface area contributed by atoms with Gasteiger partial charge in [0.15, 0.2) is 0 Å². The number of aromatic nitrogens is 1. The summed E-state index contributed by atoms with van der Waals surface area (Å²) in [6.45, 7) is 3.73. The molecule has 1 aromatic heterocycles. The highest BCUT2D eigenvalue weighted by atomic mass is 79.9. The van der Waals surface area contributed by atoms with Gasteiger partial charge in [0.1, 0.15) is 0 Å². The van der Waals surface area contributed by atoms with Crippen molar-refractivity contribution in [1.29, 1.82) is 0 Å². The topological polar surface area (TPSA) is 14.2 Å². The minimum absolute atomic E-state index is 0.732. The molecule has 2 aromatic rings. The number of nitrogens with zero attached hydrogens (tertiary/aromatic N) is 1. The fourth-order valence-corrected chi connectivity index (χ4v) is 2.43. The van der Waals surface area contributed by atoms with Gasteiger partial charge in [0.2, 0.25) is 0 Å². The van der Waals surface area contributed by atoms with E-state index in [2.05, 4.69) is 57.9 Å². The third kappa shape index (κ3) is 2.61. The Kier molecular flexibility index (Phi) is 4.02. The molecule has 0 fully saturated rings. The second-order valence-electron chi connectivity index (χ2n) is 3.99. The summed E-state index contributed by atoms with van der Waals surface area (Å²) in [5.74, 6) is 0. The van der Waals surface area contributed by atoms with Crippen LogP contribution in [-0.4, -0.2) is 18.3 Å². The molecule has 0 aliphatic carbocycles. The van der Waals surface area contributed by atoms with E-state index in [9.17, 15) is 0 Å². The van der Waals surface area contributed by atoms with Gasteiger partial charge in [-0.15, -0.1) is 0 Å². The van der Waals surface area contributed by atoms with Crippen LogP contribution in [-0.2, 0) is 11.3 Å². The summed E-state index contributed by atoms with van der Waals surface area (Å²) < 4.78 is 8.50. The van der Waals surface area contributed by atoms with Crippen LogP contribution in [0.5, 0.6) is 0 Å². The average molecular weight is 294 g/mol. The first-order valence-corrected chi connectivity index (χ1v) is 6.43. The zero-order valence-corrected chi connectivity index (χ0v) is 11.7. The zero-order valence-electron chi connectivity index (χ0n) is 10.1. The van der Waals surface area contributed by atoms with Crippen LogP contribution in [0.25, 0.3) is 11.1 Å². The summed E-state index contributed by atoms with van der Waals surface area (Å²) >= 11 is 3.67. The minimum Gasteiger partial charge on any atom is -0.383 e. The predicted octanol–water partition coefficient (Wildman–Crippen LogP) is 3.87. The molecule has 3 heteroatoms. The van der Waals surface area contributed by atoms with Crippen molar-refractivity contribution >= 4 is 15.9 Å². The van der Waals surface area contributed by atoms with Crippen LogP contribution in [0.3, 0.4) is 0 Å². The Hall–Kier alpha value is -1.06. The molecule has 0 unspecified atom stereocenters. The third-order valence-corrected chi connectivity index (χ3v) is 3.89. The molecule has 0 radical (unpaired) electrons. The van der Waals surface area contributed by atoms with Crippen LogP contribution in [0, 0.1) is 6.92 Å². The number of methoxy groups -OCH3 is 1. The molecule has 0 N–H and O–H groups in total. The highest BCUT2D eigenvalue weighted by molar-refractivity contribution is 9.10. The highest BCUT2D eigenvalue weighted by Crippen LogP contribution is 2.32. The van der Waals surface area contributed by atoms with Crippen LogP contribution in [0.2, 0.25) is 0 Å². The van der Waals surface area contributed by atoms with Gasteiger partial charge in [0.25, 0.3) is 0 Å². The molecule has 0 aliphatic rings. The molecular weight excluding hydrogens is 278 g/mol. The quantitative estimate of drug-likeness (QED) is 0.835. The Morgan fingerprint density at radius 2 is 1.94 bits per heavy atom. The Morgan fingerprint density at radius 1 is 1.24 bits per heavy atom. The first kappa shape index (κ1) is 12.4.